The summed E-state index contributed by atoms with van der Waals surface area (Å²) in [4.78, 5) is 2.19. The molecule has 0 spiro atoms. The lowest BCUT2D eigenvalue weighted by Gasteiger charge is -2.19. The van der Waals surface area contributed by atoms with E-state index >= 15 is 0 Å². The van der Waals surface area contributed by atoms with Crippen molar-refractivity contribution in [1.29, 1.82) is 0 Å². The Balaban J connectivity index is 2.74. The fraction of sp³-hybridized carbons (Fsp3) is 0.625. The molecular weight excluding hydrogens is 332 g/mol. The molecule has 0 fully saturated rings. The maximum absolute atomic E-state index is 5.94. The molecule has 4 nitrogen and oxygen atoms in total. The lowest BCUT2D eigenvalue weighted by Crippen LogP contribution is -2.21. The third-order valence-corrected chi connectivity index (χ3v) is 3.74. The van der Waals surface area contributed by atoms with Crippen LogP contribution in [0.3, 0.4) is 0 Å². The molecule has 0 saturated heterocycles. The number of nitrogens with zero attached hydrogens (tertiary/aromatic N) is 1. The summed E-state index contributed by atoms with van der Waals surface area (Å²) < 4.78 is 12.4. The maximum atomic E-state index is 5.94. The van der Waals surface area contributed by atoms with Gasteiger partial charge in [-0.1, -0.05) is 15.9 Å². The highest BCUT2D eigenvalue weighted by molar-refractivity contribution is 9.10. The molecule has 0 atom stereocenters. The Hall–Kier alpha value is -0.780. The van der Waals surface area contributed by atoms with E-state index in [0.717, 1.165) is 47.6 Å². The molecule has 0 aliphatic rings. The first-order chi connectivity index (χ1) is 9.95. The Labute approximate surface area is 136 Å². The van der Waals surface area contributed by atoms with Gasteiger partial charge in [0, 0.05) is 16.6 Å². The Bertz CT molecular complexity index is 437. The molecule has 0 heterocycles. The molecule has 0 aromatic heterocycles. The zero-order valence-electron chi connectivity index (χ0n) is 13.7. The third kappa shape index (κ3) is 6.24. The highest BCUT2D eigenvalue weighted by atomic mass is 79.9. The number of nitrogens with one attached hydrogen (secondary N) is 1. The molecule has 21 heavy (non-hydrogen) atoms. The SMILES string of the molecule is COc1ccc(Br)c(CNCCCN(C)C)c1OC(C)C. The van der Waals surface area contributed by atoms with Crippen molar-refractivity contribution >= 4 is 15.9 Å². The molecule has 120 valence electrons. The number of rotatable bonds is 9. The molecule has 1 rings (SSSR count). The van der Waals surface area contributed by atoms with E-state index in [4.69, 9.17) is 9.47 Å². The second-order valence-corrected chi connectivity index (χ2v) is 6.41. The van der Waals surface area contributed by atoms with Crippen LogP contribution in [0.4, 0.5) is 0 Å². The van der Waals surface area contributed by atoms with Crippen molar-refractivity contribution in [2.75, 3.05) is 34.3 Å². The highest BCUT2D eigenvalue weighted by Crippen LogP contribution is 2.36. The van der Waals surface area contributed by atoms with Crippen LogP contribution in [0, 0.1) is 0 Å². The normalized spacial score (nSPS) is 11.2. The van der Waals surface area contributed by atoms with E-state index in [2.05, 4.69) is 40.2 Å². The highest BCUT2D eigenvalue weighted by Gasteiger charge is 2.15. The van der Waals surface area contributed by atoms with E-state index in [1.165, 1.54) is 0 Å². The van der Waals surface area contributed by atoms with E-state index in [0.29, 0.717) is 0 Å². The number of hydrogen-bond acceptors (Lipinski definition) is 4. The summed E-state index contributed by atoms with van der Waals surface area (Å²) in [5.41, 5.74) is 1.10. The molecular formula is C16H27BrN2O2. The van der Waals surface area contributed by atoms with Crippen molar-refractivity contribution in [2.45, 2.75) is 32.9 Å². The summed E-state index contributed by atoms with van der Waals surface area (Å²) in [5, 5.41) is 3.47. The van der Waals surface area contributed by atoms with Gasteiger partial charge in [-0.05, 0) is 59.6 Å². The van der Waals surface area contributed by atoms with Gasteiger partial charge in [0.15, 0.2) is 11.5 Å². The van der Waals surface area contributed by atoms with Crippen molar-refractivity contribution < 1.29 is 9.47 Å². The minimum atomic E-state index is 0.112. The summed E-state index contributed by atoms with van der Waals surface area (Å²) in [6.45, 7) is 6.86. The zero-order chi connectivity index (χ0) is 15.8. The van der Waals surface area contributed by atoms with E-state index in [1.807, 2.05) is 26.0 Å². The van der Waals surface area contributed by atoms with Gasteiger partial charge in [0.25, 0.3) is 0 Å². The molecule has 0 radical (unpaired) electrons. The fourth-order valence-corrected chi connectivity index (χ4v) is 2.46. The van der Waals surface area contributed by atoms with Crippen molar-refractivity contribution in [2.24, 2.45) is 0 Å². The van der Waals surface area contributed by atoms with E-state index < -0.39 is 0 Å². The van der Waals surface area contributed by atoms with Crippen LogP contribution in [0.2, 0.25) is 0 Å². The van der Waals surface area contributed by atoms with Crippen LogP contribution in [0.15, 0.2) is 16.6 Å². The van der Waals surface area contributed by atoms with Crippen molar-refractivity contribution in [1.82, 2.24) is 10.2 Å². The van der Waals surface area contributed by atoms with Crippen LogP contribution in [0.5, 0.6) is 11.5 Å². The molecule has 0 aliphatic carbocycles. The fourth-order valence-electron chi connectivity index (χ4n) is 2.01. The number of hydrogen-bond donors (Lipinski definition) is 1. The molecule has 1 N–H and O–H groups in total. The Kier molecular flexibility index (Phi) is 8.07. The molecule has 0 aliphatic heterocycles. The smallest absolute Gasteiger partial charge is 0.167 e. The summed E-state index contributed by atoms with van der Waals surface area (Å²) in [6.07, 6.45) is 1.23. The molecule has 0 unspecified atom stereocenters. The van der Waals surface area contributed by atoms with Crippen LogP contribution in [0.25, 0.3) is 0 Å². The van der Waals surface area contributed by atoms with Crippen LogP contribution in [-0.2, 0) is 6.54 Å². The van der Waals surface area contributed by atoms with Gasteiger partial charge in [-0.2, -0.15) is 0 Å². The Morgan fingerprint density at radius 3 is 2.57 bits per heavy atom. The Morgan fingerprint density at radius 1 is 1.29 bits per heavy atom. The first kappa shape index (κ1) is 18.3. The van der Waals surface area contributed by atoms with Crippen LogP contribution in [0.1, 0.15) is 25.8 Å². The van der Waals surface area contributed by atoms with Crippen LogP contribution < -0.4 is 14.8 Å². The van der Waals surface area contributed by atoms with E-state index in [1.54, 1.807) is 7.11 Å². The average molecular weight is 359 g/mol. The van der Waals surface area contributed by atoms with Crippen LogP contribution >= 0.6 is 15.9 Å². The number of benzene rings is 1. The summed E-state index contributed by atoms with van der Waals surface area (Å²) in [5.74, 6) is 1.60. The number of ether oxygens (including phenoxy) is 2. The van der Waals surface area contributed by atoms with Gasteiger partial charge in [-0.3, -0.25) is 0 Å². The third-order valence-electron chi connectivity index (χ3n) is 3.00. The number of methoxy groups -OCH3 is 1. The minimum absolute atomic E-state index is 0.112. The maximum Gasteiger partial charge on any atom is 0.167 e. The van der Waals surface area contributed by atoms with Gasteiger partial charge >= 0.3 is 0 Å². The molecule has 1 aromatic carbocycles. The van der Waals surface area contributed by atoms with Gasteiger partial charge < -0.3 is 19.7 Å². The van der Waals surface area contributed by atoms with E-state index in [9.17, 15) is 0 Å². The number of halogens is 1. The van der Waals surface area contributed by atoms with Gasteiger partial charge in [0.2, 0.25) is 0 Å². The molecule has 0 amide bonds. The average Bonchev–Trinajstić information content (AvgIpc) is 2.40. The predicted molar refractivity (Wildman–Crippen MR) is 91.3 cm³/mol. The van der Waals surface area contributed by atoms with Gasteiger partial charge in [-0.15, -0.1) is 0 Å². The second-order valence-electron chi connectivity index (χ2n) is 5.56. The second kappa shape index (κ2) is 9.28. The molecule has 0 saturated carbocycles. The predicted octanol–water partition coefficient (Wildman–Crippen LogP) is 3.29. The van der Waals surface area contributed by atoms with Crippen LogP contribution in [-0.4, -0.2) is 45.3 Å². The van der Waals surface area contributed by atoms with Crippen molar-refractivity contribution in [3.8, 4) is 11.5 Å². The quantitative estimate of drug-likeness (QED) is 0.686. The lowest BCUT2D eigenvalue weighted by molar-refractivity contribution is 0.227. The summed E-state index contributed by atoms with van der Waals surface area (Å²) in [6, 6.07) is 3.93. The standard InChI is InChI=1S/C16H27BrN2O2/c1-12(2)21-16-13(11-18-9-6-10-19(3)4)14(17)7-8-15(16)20-5/h7-8,12,18H,6,9-11H2,1-5H3. The monoisotopic (exact) mass is 358 g/mol. The topological polar surface area (TPSA) is 33.7 Å². The van der Waals surface area contributed by atoms with E-state index in [-0.39, 0.29) is 6.10 Å². The van der Waals surface area contributed by atoms with Gasteiger partial charge in [0.1, 0.15) is 0 Å². The Morgan fingerprint density at radius 2 is 2.00 bits per heavy atom. The largest absolute Gasteiger partial charge is 0.493 e. The van der Waals surface area contributed by atoms with Crippen molar-refractivity contribution in [3.05, 3.63) is 22.2 Å². The lowest BCUT2D eigenvalue weighted by atomic mass is 10.1. The van der Waals surface area contributed by atoms with Gasteiger partial charge in [0.05, 0.1) is 13.2 Å². The minimum Gasteiger partial charge on any atom is -0.493 e. The first-order valence-corrected chi connectivity index (χ1v) is 8.12. The molecule has 5 heteroatoms. The summed E-state index contributed by atoms with van der Waals surface area (Å²) >= 11 is 3.61. The summed E-state index contributed by atoms with van der Waals surface area (Å²) in [7, 11) is 5.85. The molecule has 1 aromatic rings. The molecule has 0 bridgehead atoms. The first-order valence-electron chi connectivity index (χ1n) is 7.33. The van der Waals surface area contributed by atoms with Crippen molar-refractivity contribution in [3.63, 3.8) is 0 Å². The van der Waals surface area contributed by atoms with Gasteiger partial charge in [-0.25, -0.2) is 0 Å². The zero-order valence-corrected chi connectivity index (χ0v) is 15.3.